The van der Waals surface area contributed by atoms with E-state index < -0.39 is 0 Å². The Kier molecular flexibility index (Phi) is 8.53. The maximum absolute atomic E-state index is 5.95. The van der Waals surface area contributed by atoms with Crippen molar-refractivity contribution in [1.82, 2.24) is 15.6 Å². The molecule has 0 amide bonds. The predicted molar refractivity (Wildman–Crippen MR) is 102 cm³/mol. The number of aliphatic imine (C=N–C) groups is 1. The third kappa shape index (κ3) is 6.77. The summed E-state index contributed by atoms with van der Waals surface area (Å²) in [5.41, 5.74) is 1.15. The molecule has 0 aromatic carbocycles. The molecule has 2 rings (SSSR count). The van der Waals surface area contributed by atoms with Crippen molar-refractivity contribution in [2.45, 2.75) is 64.9 Å². The first-order valence-corrected chi connectivity index (χ1v) is 9.99. The Balaban J connectivity index is 1.54. The number of guanidine groups is 1. The summed E-state index contributed by atoms with van der Waals surface area (Å²) in [6, 6.07) is 0. The second-order valence-corrected chi connectivity index (χ2v) is 7.69. The lowest BCUT2D eigenvalue weighted by Gasteiger charge is -2.22. The molecule has 0 aliphatic heterocycles. The van der Waals surface area contributed by atoms with E-state index in [2.05, 4.69) is 34.5 Å². The molecule has 136 valence electrons. The van der Waals surface area contributed by atoms with E-state index >= 15 is 0 Å². The molecule has 5 nitrogen and oxygen atoms in total. The fourth-order valence-electron chi connectivity index (χ4n) is 3.08. The van der Waals surface area contributed by atoms with E-state index in [1.165, 1.54) is 37.0 Å². The first-order chi connectivity index (χ1) is 11.7. The summed E-state index contributed by atoms with van der Waals surface area (Å²) < 4.78 is 5.95. The molecule has 1 aliphatic rings. The standard InChI is InChI=1S/C18H32N4OS/c1-14-17(24-15(2)22-14)10-12-21-18(19-3)20-11-7-13-23-16-8-5-4-6-9-16/h16H,4-13H2,1-3H3,(H2,19,20,21). The third-order valence-corrected chi connectivity index (χ3v) is 5.52. The Morgan fingerprint density at radius 1 is 1.21 bits per heavy atom. The SMILES string of the molecule is CN=C(NCCCOC1CCCCC1)NCCc1sc(C)nc1C. The van der Waals surface area contributed by atoms with Gasteiger partial charge in [0, 0.05) is 38.0 Å². The summed E-state index contributed by atoms with van der Waals surface area (Å²) in [5.74, 6) is 0.867. The van der Waals surface area contributed by atoms with Crippen molar-refractivity contribution < 1.29 is 4.74 Å². The molecule has 1 aliphatic carbocycles. The summed E-state index contributed by atoms with van der Waals surface area (Å²) in [6.07, 6.45) is 9.04. The summed E-state index contributed by atoms with van der Waals surface area (Å²) in [5, 5.41) is 7.87. The average molecular weight is 353 g/mol. The molecular weight excluding hydrogens is 320 g/mol. The Bertz CT molecular complexity index is 509. The van der Waals surface area contributed by atoms with Gasteiger partial charge in [-0.1, -0.05) is 19.3 Å². The minimum Gasteiger partial charge on any atom is -0.378 e. The van der Waals surface area contributed by atoms with Crippen LogP contribution in [-0.2, 0) is 11.2 Å². The van der Waals surface area contributed by atoms with Crippen molar-refractivity contribution >= 4 is 17.3 Å². The van der Waals surface area contributed by atoms with Crippen molar-refractivity contribution in [3.8, 4) is 0 Å². The Morgan fingerprint density at radius 2 is 1.96 bits per heavy atom. The maximum Gasteiger partial charge on any atom is 0.190 e. The van der Waals surface area contributed by atoms with Gasteiger partial charge in [0.05, 0.1) is 16.8 Å². The van der Waals surface area contributed by atoms with Gasteiger partial charge in [-0.15, -0.1) is 11.3 Å². The number of nitrogens with zero attached hydrogens (tertiary/aromatic N) is 2. The van der Waals surface area contributed by atoms with E-state index in [-0.39, 0.29) is 0 Å². The summed E-state index contributed by atoms with van der Waals surface area (Å²) in [6.45, 7) is 6.75. The van der Waals surface area contributed by atoms with Gasteiger partial charge in [0.2, 0.25) is 0 Å². The topological polar surface area (TPSA) is 58.5 Å². The first kappa shape index (κ1) is 19.2. The molecule has 0 unspecified atom stereocenters. The van der Waals surface area contributed by atoms with Gasteiger partial charge >= 0.3 is 0 Å². The van der Waals surface area contributed by atoms with E-state index in [1.807, 2.05) is 7.05 Å². The summed E-state index contributed by atoms with van der Waals surface area (Å²) >= 11 is 1.78. The van der Waals surface area contributed by atoms with Crippen molar-refractivity contribution in [1.29, 1.82) is 0 Å². The Morgan fingerprint density at radius 3 is 2.62 bits per heavy atom. The molecule has 0 saturated heterocycles. The minimum absolute atomic E-state index is 0.502. The van der Waals surface area contributed by atoms with Gasteiger partial charge in [-0.2, -0.15) is 0 Å². The number of hydrogen-bond donors (Lipinski definition) is 2. The Labute approximate surface area is 150 Å². The predicted octanol–water partition coefficient (Wildman–Crippen LogP) is 3.21. The molecule has 0 atom stereocenters. The molecule has 1 aromatic heterocycles. The van der Waals surface area contributed by atoms with Gasteiger partial charge in [-0.05, 0) is 33.1 Å². The molecule has 0 spiro atoms. The molecule has 2 N–H and O–H groups in total. The monoisotopic (exact) mass is 352 g/mol. The smallest absolute Gasteiger partial charge is 0.190 e. The van der Waals surface area contributed by atoms with Crippen molar-refractivity contribution in [2.75, 3.05) is 26.7 Å². The number of rotatable bonds is 8. The zero-order valence-corrected chi connectivity index (χ0v) is 16.2. The van der Waals surface area contributed by atoms with E-state index in [0.717, 1.165) is 49.2 Å². The number of aryl methyl sites for hydroxylation is 2. The molecular formula is C18H32N4OS. The molecule has 6 heteroatoms. The van der Waals surface area contributed by atoms with Gasteiger partial charge in [0.15, 0.2) is 5.96 Å². The lowest BCUT2D eigenvalue weighted by molar-refractivity contribution is 0.0277. The van der Waals surface area contributed by atoms with E-state index in [4.69, 9.17) is 4.74 Å². The van der Waals surface area contributed by atoms with Gasteiger partial charge in [0.1, 0.15) is 0 Å². The zero-order valence-electron chi connectivity index (χ0n) is 15.4. The molecule has 0 bridgehead atoms. The number of ether oxygens (including phenoxy) is 1. The second-order valence-electron chi connectivity index (χ2n) is 6.40. The van der Waals surface area contributed by atoms with Crippen LogP contribution in [0.2, 0.25) is 0 Å². The van der Waals surface area contributed by atoms with Gasteiger partial charge in [-0.3, -0.25) is 4.99 Å². The molecule has 1 saturated carbocycles. The first-order valence-electron chi connectivity index (χ1n) is 9.18. The van der Waals surface area contributed by atoms with Crippen molar-refractivity contribution in [3.63, 3.8) is 0 Å². The highest BCUT2D eigenvalue weighted by Gasteiger charge is 2.13. The maximum atomic E-state index is 5.95. The zero-order chi connectivity index (χ0) is 17.2. The lowest BCUT2D eigenvalue weighted by Crippen LogP contribution is -2.39. The van der Waals surface area contributed by atoms with Crippen LogP contribution in [0, 0.1) is 13.8 Å². The van der Waals surface area contributed by atoms with Crippen LogP contribution in [-0.4, -0.2) is 43.8 Å². The van der Waals surface area contributed by atoms with Gasteiger partial charge in [-0.25, -0.2) is 4.98 Å². The lowest BCUT2D eigenvalue weighted by atomic mass is 9.98. The van der Waals surface area contributed by atoms with Crippen molar-refractivity contribution in [3.05, 3.63) is 15.6 Å². The molecule has 1 heterocycles. The van der Waals surface area contributed by atoms with E-state index in [9.17, 15) is 0 Å². The molecule has 0 radical (unpaired) electrons. The number of aromatic nitrogens is 1. The quantitative estimate of drug-likeness (QED) is 0.428. The fourth-order valence-corrected chi connectivity index (χ4v) is 4.02. The third-order valence-electron chi connectivity index (χ3n) is 4.39. The molecule has 24 heavy (non-hydrogen) atoms. The van der Waals surface area contributed by atoms with Crippen molar-refractivity contribution in [2.24, 2.45) is 4.99 Å². The van der Waals surface area contributed by atoms with E-state index in [1.54, 1.807) is 11.3 Å². The van der Waals surface area contributed by atoms with Crippen LogP contribution in [0.5, 0.6) is 0 Å². The summed E-state index contributed by atoms with van der Waals surface area (Å²) in [4.78, 5) is 10.1. The van der Waals surface area contributed by atoms with Crippen LogP contribution < -0.4 is 10.6 Å². The van der Waals surface area contributed by atoms with Crippen LogP contribution >= 0.6 is 11.3 Å². The second kappa shape index (κ2) is 10.7. The number of nitrogens with one attached hydrogen (secondary N) is 2. The van der Waals surface area contributed by atoms with Gasteiger partial charge in [0.25, 0.3) is 0 Å². The number of thiazole rings is 1. The largest absolute Gasteiger partial charge is 0.378 e. The molecule has 1 fully saturated rings. The van der Waals surface area contributed by atoms with Crippen LogP contribution in [0.4, 0.5) is 0 Å². The number of hydrogen-bond acceptors (Lipinski definition) is 4. The van der Waals surface area contributed by atoms with Crippen LogP contribution in [0.25, 0.3) is 0 Å². The van der Waals surface area contributed by atoms with Crippen LogP contribution in [0.3, 0.4) is 0 Å². The summed E-state index contributed by atoms with van der Waals surface area (Å²) in [7, 11) is 1.82. The minimum atomic E-state index is 0.502. The highest BCUT2D eigenvalue weighted by atomic mass is 32.1. The Hall–Kier alpha value is -1.14. The highest BCUT2D eigenvalue weighted by Crippen LogP contribution is 2.20. The molecule has 1 aromatic rings. The van der Waals surface area contributed by atoms with Gasteiger partial charge < -0.3 is 15.4 Å². The van der Waals surface area contributed by atoms with Crippen LogP contribution in [0.15, 0.2) is 4.99 Å². The average Bonchev–Trinajstić information content (AvgIpc) is 2.91. The van der Waals surface area contributed by atoms with Crippen LogP contribution in [0.1, 0.15) is 54.1 Å². The highest BCUT2D eigenvalue weighted by molar-refractivity contribution is 7.11. The van der Waals surface area contributed by atoms with E-state index in [0.29, 0.717) is 6.10 Å². The normalized spacial score (nSPS) is 16.4. The fraction of sp³-hybridized carbons (Fsp3) is 0.778.